The van der Waals surface area contributed by atoms with E-state index < -0.39 is 23.8 Å². The molecule has 5 fully saturated rings. The summed E-state index contributed by atoms with van der Waals surface area (Å²) in [5.41, 5.74) is 6.72. The van der Waals surface area contributed by atoms with Gasteiger partial charge in [-0.05, 0) is 123 Å². The molecule has 3 aromatic rings. The Hall–Kier alpha value is -5.25. The summed E-state index contributed by atoms with van der Waals surface area (Å²) in [7, 11) is 0. The van der Waals surface area contributed by atoms with Crippen LogP contribution in [0.1, 0.15) is 107 Å². The highest BCUT2D eigenvalue weighted by Gasteiger charge is 2.49. The van der Waals surface area contributed by atoms with Crippen molar-refractivity contribution in [3.05, 3.63) is 98.9 Å². The van der Waals surface area contributed by atoms with Crippen LogP contribution in [0, 0.1) is 17.4 Å². The van der Waals surface area contributed by atoms with Crippen molar-refractivity contribution in [3.8, 4) is 0 Å². The second-order valence-corrected chi connectivity index (χ2v) is 18.8. The Morgan fingerprint density at radius 2 is 1.46 bits per heavy atom. The van der Waals surface area contributed by atoms with Crippen LogP contribution in [-0.2, 0) is 22.7 Å². The molecule has 1 unspecified atom stereocenters. The van der Waals surface area contributed by atoms with Crippen molar-refractivity contribution < 1.29 is 24.0 Å². The third-order valence-corrected chi connectivity index (χ3v) is 15.1. The number of carbonyl (C=O) groups is 5. The van der Waals surface area contributed by atoms with E-state index in [0.29, 0.717) is 47.0 Å². The number of amides is 5. The third-order valence-electron chi connectivity index (χ3n) is 14.8. The molecule has 10 rings (SSSR count). The van der Waals surface area contributed by atoms with Gasteiger partial charge in [0.15, 0.2) is 0 Å². The number of nitrogens with one attached hydrogen (secondary N) is 1. The SMILES string of the molecule is [C-]#[N+]c1ccc(N2CC3(CCN(c4ccc(C(=O)N5CC6(CCC(N7Cc8cc9c(cc8C7)C(=O)N(C7CCC(=O)NC7=O)C9=O)CC6)C5)cc4)CC3)C[C@@H]2C)cc1Cl. The first-order valence-electron chi connectivity index (χ1n) is 21.1. The number of nitrogens with zero attached hydrogens (tertiary/aromatic N) is 6. The molecule has 6 aliphatic heterocycles. The summed E-state index contributed by atoms with van der Waals surface area (Å²) in [6.45, 7) is 15.6. The summed E-state index contributed by atoms with van der Waals surface area (Å²) in [6, 6.07) is 17.5. The van der Waals surface area contributed by atoms with Gasteiger partial charge in [0.05, 0.1) is 17.7 Å². The first-order chi connectivity index (χ1) is 28.4. The van der Waals surface area contributed by atoms with Gasteiger partial charge in [-0.2, -0.15) is 0 Å². The Morgan fingerprint density at radius 1 is 0.814 bits per heavy atom. The minimum Gasteiger partial charge on any atom is -0.371 e. The number of likely N-dealkylation sites (tertiary alicyclic amines) is 1. The van der Waals surface area contributed by atoms with Crippen molar-refractivity contribution in [1.82, 2.24) is 20.0 Å². The van der Waals surface area contributed by atoms with E-state index >= 15 is 0 Å². The third kappa shape index (κ3) is 6.48. The van der Waals surface area contributed by atoms with Gasteiger partial charge in [0, 0.05) is 91.7 Å². The smallest absolute Gasteiger partial charge is 0.262 e. The van der Waals surface area contributed by atoms with E-state index in [9.17, 15) is 24.0 Å². The number of piperidine rings is 2. The molecule has 0 bridgehead atoms. The van der Waals surface area contributed by atoms with Crippen molar-refractivity contribution in [2.24, 2.45) is 10.8 Å². The summed E-state index contributed by atoms with van der Waals surface area (Å²) in [5, 5.41) is 2.77. The highest BCUT2D eigenvalue weighted by Crippen LogP contribution is 2.48. The molecule has 0 aromatic heterocycles. The molecule has 1 aliphatic carbocycles. The number of imide groups is 2. The van der Waals surface area contributed by atoms with Crippen LogP contribution in [0.4, 0.5) is 17.1 Å². The Kier molecular flexibility index (Phi) is 9.14. The molecule has 59 heavy (non-hydrogen) atoms. The number of anilines is 2. The number of carbonyl (C=O) groups excluding carboxylic acids is 5. The maximum atomic E-state index is 13.6. The van der Waals surface area contributed by atoms with Gasteiger partial charge < -0.3 is 14.7 Å². The van der Waals surface area contributed by atoms with Gasteiger partial charge in [-0.15, -0.1) is 0 Å². The van der Waals surface area contributed by atoms with Crippen LogP contribution in [0.2, 0.25) is 5.02 Å². The van der Waals surface area contributed by atoms with Crippen molar-refractivity contribution in [2.75, 3.05) is 42.5 Å². The van der Waals surface area contributed by atoms with Crippen LogP contribution in [0.15, 0.2) is 54.6 Å². The lowest BCUT2D eigenvalue weighted by Gasteiger charge is -2.54. The predicted octanol–water partition coefficient (Wildman–Crippen LogP) is 6.58. The zero-order valence-electron chi connectivity index (χ0n) is 33.3. The van der Waals surface area contributed by atoms with E-state index in [1.54, 1.807) is 0 Å². The molecule has 1 saturated carbocycles. The molecular weight excluding hydrogens is 766 g/mol. The van der Waals surface area contributed by atoms with Gasteiger partial charge in [0.2, 0.25) is 17.5 Å². The molecule has 13 heteroatoms. The van der Waals surface area contributed by atoms with Gasteiger partial charge in [-0.3, -0.25) is 39.1 Å². The summed E-state index contributed by atoms with van der Waals surface area (Å²) in [4.78, 5) is 78.4. The Balaban J connectivity index is 0.695. The summed E-state index contributed by atoms with van der Waals surface area (Å²) >= 11 is 6.39. The lowest BCUT2D eigenvalue weighted by atomic mass is 9.67. The zero-order chi connectivity index (χ0) is 40.8. The molecule has 5 amide bonds. The molecule has 2 atom stereocenters. The molecule has 3 aromatic carbocycles. The number of benzene rings is 3. The summed E-state index contributed by atoms with van der Waals surface area (Å²) < 4.78 is 0. The van der Waals surface area contributed by atoms with Crippen LogP contribution < -0.4 is 15.1 Å². The monoisotopic (exact) mass is 813 g/mol. The fourth-order valence-electron chi connectivity index (χ4n) is 11.5. The molecule has 4 saturated heterocycles. The molecular formula is C46H48ClN7O5. The first-order valence-corrected chi connectivity index (χ1v) is 21.5. The predicted molar refractivity (Wildman–Crippen MR) is 222 cm³/mol. The highest BCUT2D eigenvalue weighted by molar-refractivity contribution is 6.33. The van der Waals surface area contributed by atoms with E-state index in [1.807, 2.05) is 47.4 Å². The number of hydrogen-bond acceptors (Lipinski definition) is 8. The number of hydrogen-bond donors (Lipinski definition) is 1. The Morgan fingerprint density at radius 3 is 2.07 bits per heavy atom. The normalized spacial score (nSPS) is 25.0. The average Bonchev–Trinajstić information content (AvgIpc) is 3.86. The van der Waals surface area contributed by atoms with E-state index in [2.05, 4.69) is 43.9 Å². The van der Waals surface area contributed by atoms with Gasteiger partial charge in [0.25, 0.3) is 17.7 Å². The summed E-state index contributed by atoms with van der Waals surface area (Å²) in [5.74, 6) is -1.80. The molecule has 1 N–H and O–H groups in total. The van der Waals surface area contributed by atoms with Crippen LogP contribution >= 0.6 is 11.6 Å². The van der Waals surface area contributed by atoms with Crippen molar-refractivity contribution in [1.29, 1.82) is 0 Å². The largest absolute Gasteiger partial charge is 0.371 e. The number of halogens is 1. The highest BCUT2D eigenvalue weighted by atomic mass is 35.5. The molecule has 304 valence electrons. The molecule has 2 spiro atoms. The zero-order valence-corrected chi connectivity index (χ0v) is 34.1. The van der Waals surface area contributed by atoms with E-state index in [-0.39, 0.29) is 35.5 Å². The van der Waals surface area contributed by atoms with Crippen LogP contribution in [0.3, 0.4) is 0 Å². The van der Waals surface area contributed by atoms with Gasteiger partial charge >= 0.3 is 0 Å². The maximum Gasteiger partial charge on any atom is 0.262 e. The molecule has 0 radical (unpaired) electrons. The Labute approximate surface area is 349 Å². The lowest BCUT2D eigenvalue weighted by Crippen LogP contribution is -2.60. The van der Waals surface area contributed by atoms with E-state index in [1.165, 1.54) is 5.69 Å². The molecule has 12 nitrogen and oxygen atoms in total. The Bertz CT molecular complexity index is 2290. The minimum absolute atomic E-state index is 0.0997. The van der Waals surface area contributed by atoms with Crippen molar-refractivity contribution >= 4 is 58.2 Å². The van der Waals surface area contributed by atoms with E-state index in [4.69, 9.17) is 18.2 Å². The second kappa shape index (κ2) is 14.2. The van der Waals surface area contributed by atoms with Crippen LogP contribution in [0.5, 0.6) is 0 Å². The van der Waals surface area contributed by atoms with Gasteiger partial charge in [-0.25, -0.2) is 4.85 Å². The number of rotatable bonds is 5. The van der Waals surface area contributed by atoms with Gasteiger partial charge in [0.1, 0.15) is 6.04 Å². The minimum atomic E-state index is -0.961. The topological polar surface area (TPSA) is 118 Å². The quantitative estimate of drug-likeness (QED) is 0.227. The molecule has 6 heterocycles. The van der Waals surface area contributed by atoms with Crippen LogP contribution in [0.25, 0.3) is 4.85 Å². The van der Waals surface area contributed by atoms with Gasteiger partial charge in [-0.1, -0.05) is 17.7 Å². The summed E-state index contributed by atoms with van der Waals surface area (Å²) in [6.07, 6.45) is 7.84. The standard InChI is InChI=1S/C46H48ClN7O5/c1-28-22-45(27-53(28)34-7-8-38(48-2)37(47)21-34)15-17-50(18-16-45)32-5-3-29(4-6-32)42(57)52-25-46(26-52)13-11-33(12-14-46)51-23-30-19-35-36(20-31(30)24-51)44(59)54(43(35)58)39-9-10-40(55)49-41(39)56/h3-8,19-21,28,33,39H,9-18,22-27H2,1H3,(H,49,55,56)/t28-,39?/m0/s1. The first kappa shape index (κ1) is 38.0. The average molecular weight is 814 g/mol. The molecule has 7 aliphatic rings. The van der Waals surface area contributed by atoms with Crippen molar-refractivity contribution in [2.45, 2.75) is 95.9 Å². The fourth-order valence-corrected chi connectivity index (χ4v) is 11.7. The van der Waals surface area contributed by atoms with E-state index in [0.717, 1.165) is 105 Å². The maximum absolute atomic E-state index is 13.6. The second-order valence-electron chi connectivity index (χ2n) is 18.4. The van der Waals surface area contributed by atoms with Crippen LogP contribution in [-0.4, -0.2) is 95.1 Å². The lowest BCUT2D eigenvalue weighted by molar-refractivity contribution is -0.136. The number of fused-ring (bicyclic) bond motifs is 2. The fraction of sp³-hybridized carbons (Fsp3) is 0.478. The van der Waals surface area contributed by atoms with Crippen molar-refractivity contribution in [3.63, 3.8) is 0 Å².